The lowest BCUT2D eigenvalue weighted by molar-refractivity contribution is 0.679. The fraction of sp³-hybridized carbons (Fsp3) is 0.750. The molecule has 4 nitrogen and oxygen atoms in total. The quantitative estimate of drug-likeness (QED) is 0.763. The molecule has 0 aliphatic carbocycles. The van der Waals surface area contributed by atoms with Gasteiger partial charge in [0.15, 0.2) is 0 Å². The van der Waals surface area contributed by atoms with Gasteiger partial charge in [0.2, 0.25) is 5.95 Å². The molecule has 0 amide bonds. The number of halogens is 1. The lowest BCUT2D eigenvalue weighted by Gasteiger charge is -2.13. The Bertz CT molecular complexity index is 343. The number of nitrogens with one attached hydrogen (secondary N) is 1. The van der Waals surface area contributed by atoms with Crippen molar-refractivity contribution in [2.75, 3.05) is 11.2 Å². The van der Waals surface area contributed by atoms with Crippen molar-refractivity contribution < 1.29 is 0 Å². The van der Waals surface area contributed by atoms with E-state index in [1.54, 1.807) is 0 Å². The first-order chi connectivity index (χ1) is 8.21. The summed E-state index contributed by atoms with van der Waals surface area (Å²) in [6.45, 7) is 6.26. The molecule has 0 spiro atoms. The van der Waals surface area contributed by atoms with Crippen LogP contribution < -0.4 is 5.32 Å². The molecular weight excluding hydrogens is 236 g/mol. The zero-order chi connectivity index (χ0) is 12.7. The molecule has 0 radical (unpaired) electrons. The maximum atomic E-state index is 5.66. The zero-order valence-electron chi connectivity index (χ0n) is 10.8. The normalized spacial score (nSPS) is 12.5. The number of hydrogen-bond donors (Lipinski definition) is 1. The third-order valence-electron chi connectivity index (χ3n) is 2.66. The summed E-state index contributed by atoms with van der Waals surface area (Å²) < 4.78 is 0. The van der Waals surface area contributed by atoms with Crippen molar-refractivity contribution in [1.29, 1.82) is 0 Å². The van der Waals surface area contributed by atoms with E-state index in [1.165, 1.54) is 0 Å². The molecule has 1 aromatic rings. The van der Waals surface area contributed by atoms with E-state index >= 15 is 0 Å². The molecule has 1 rings (SSSR count). The number of aromatic nitrogens is 3. The largest absolute Gasteiger partial charge is 0.350 e. The van der Waals surface area contributed by atoms with Crippen molar-refractivity contribution in [3.05, 3.63) is 11.4 Å². The van der Waals surface area contributed by atoms with Crippen molar-refractivity contribution in [3.8, 4) is 0 Å². The number of alkyl halides is 1. The van der Waals surface area contributed by atoms with E-state index in [2.05, 4.69) is 41.3 Å². The van der Waals surface area contributed by atoms with Crippen LogP contribution in [0.15, 0.2) is 0 Å². The smallest absolute Gasteiger partial charge is 0.243 e. The number of anilines is 1. The fourth-order valence-corrected chi connectivity index (χ4v) is 1.83. The molecule has 0 saturated heterocycles. The Balaban J connectivity index is 2.65. The molecule has 5 heteroatoms. The molecule has 0 bridgehead atoms. The Morgan fingerprint density at radius 3 is 2.47 bits per heavy atom. The predicted molar refractivity (Wildman–Crippen MR) is 71.6 cm³/mol. The first-order valence-electron chi connectivity index (χ1n) is 6.26. The van der Waals surface area contributed by atoms with Gasteiger partial charge in [0, 0.05) is 11.9 Å². The maximum Gasteiger partial charge on any atom is 0.243 e. The molecule has 96 valence electrons. The van der Waals surface area contributed by atoms with Crippen molar-refractivity contribution in [2.24, 2.45) is 0 Å². The average Bonchev–Trinajstić information content (AvgIpc) is 2.36. The number of aryl methyl sites for hydroxylation is 2. The third kappa shape index (κ3) is 4.46. The van der Waals surface area contributed by atoms with Crippen molar-refractivity contribution in [2.45, 2.75) is 52.5 Å². The Kier molecular flexibility index (Phi) is 6.19. The van der Waals surface area contributed by atoms with E-state index in [4.69, 9.17) is 11.6 Å². The van der Waals surface area contributed by atoms with Gasteiger partial charge in [-0.05, 0) is 32.6 Å². The standard InChI is InChI=1S/C12H21ClN4/c1-4-10-11(5-2)16-17-12(15-10)14-9(3)7-6-8-13/h9H,4-8H2,1-3H3,(H,14,15,17). The van der Waals surface area contributed by atoms with Crippen molar-refractivity contribution >= 4 is 17.5 Å². The molecule has 0 saturated carbocycles. The molecule has 17 heavy (non-hydrogen) atoms. The van der Waals surface area contributed by atoms with E-state index in [0.717, 1.165) is 37.1 Å². The molecule has 1 N–H and O–H groups in total. The van der Waals surface area contributed by atoms with Crippen LogP contribution in [0.5, 0.6) is 0 Å². The highest BCUT2D eigenvalue weighted by Crippen LogP contribution is 2.09. The molecule has 0 fully saturated rings. The van der Waals surface area contributed by atoms with Crippen LogP contribution >= 0.6 is 11.6 Å². The second kappa shape index (κ2) is 7.43. The highest BCUT2D eigenvalue weighted by Gasteiger charge is 2.08. The van der Waals surface area contributed by atoms with Crippen LogP contribution in [0.4, 0.5) is 5.95 Å². The minimum absolute atomic E-state index is 0.327. The predicted octanol–water partition coefficient (Wildman–Crippen LogP) is 2.82. The van der Waals surface area contributed by atoms with Crippen molar-refractivity contribution in [3.63, 3.8) is 0 Å². The van der Waals surface area contributed by atoms with Gasteiger partial charge in [0.1, 0.15) is 0 Å². The van der Waals surface area contributed by atoms with Crippen molar-refractivity contribution in [1.82, 2.24) is 15.2 Å². The number of rotatable bonds is 7. The number of nitrogens with zero attached hydrogens (tertiary/aromatic N) is 3. The second-order valence-corrected chi connectivity index (χ2v) is 4.49. The molecule has 0 aromatic carbocycles. The first-order valence-corrected chi connectivity index (χ1v) is 6.79. The van der Waals surface area contributed by atoms with Crippen LogP contribution in [0.2, 0.25) is 0 Å². The Hall–Kier alpha value is -0.900. The van der Waals surface area contributed by atoms with Gasteiger partial charge in [-0.3, -0.25) is 0 Å². The number of hydrogen-bond acceptors (Lipinski definition) is 4. The Morgan fingerprint density at radius 1 is 1.18 bits per heavy atom. The van der Waals surface area contributed by atoms with E-state index < -0.39 is 0 Å². The van der Waals surface area contributed by atoms with Gasteiger partial charge in [-0.25, -0.2) is 4.98 Å². The topological polar surface area (TPSA) is 50.7 Å². The monoisotopic (exact) mass is 256 g/mol. The lowest BCUT2D eigenvalue weighted by atomic mass is 10.2. The van der Waals surface area contributed by atoms with Gasteiger partial charge in [0.05, 0.1) is 11.4 Å². The first kappa shape index (κ1) is 14.2. The van der Waals surface area contributed by atoms with Crippen LogP contribution in [0.25, 0.3) is 0 Å². The molecule has 0 aliphatic heterocycles. The van der Waals surface area contributed by atoms with E-state index in [9.17, 15) is 0 Å². The summed E-state index contributed by atoms with van der Waals surface area (Å²) in [5, 5.41) is 11.6. The highest BCUT2D eigenvalue weighted by atomic mass is 35.5. The molecular formula is C12H21ClN4. The summed E-state index contributed by atoms with van der Waals surface area (Å²) in [6, 6.07) is 0.327. The van der Waals surface area contributed by atoms with E-state index in [-0.39, 0.29) is 0 Å². The van der Waals surface area contributed by atoms with Gasteiger partial charge in [-0.1, -0.05) is 13.8 Å². The van der Waals surface area contributed by atoms with Crippen LogP contribution in [0.3, 0.4) is 0 Å². The van der Waals surface area contributed by atoms with E-state index in [0.29, 0.717) is 17.9 Å². The van der Waals surface area contributed by atoms with Gasteiger partial charge in [0.25, 0.3) is 0 Å². The molecule has 1 unspecified atom stereocenters. The summed E-state index contributed by atoms with van der Waals surface area (Å²) in [5.41, 5.74) is 2.03. The zero-order valence-corrected chi connectivity index (χ0v) is 11.6. The third-order valence-corrected chi connectivity index (χ3v) is 2.92. The minimum Gasteiger partial charge on any atom is -0.350 e. The summed E-state index contributed by atoms with van der Waals surface area (Å²) in [5.74, 6) is 1.32. The molecule has 0 aliphatic rings. The minimum atomic E-state index is 0.327. The SMILES string of the molecule is CCc1nnc(NC(C)CCCCl)nc1CC. The van der Waals surface area contributed by atoms with E-state index in [1.807, 2.05) is 0 Å². The second-order valence-electron chi connectivity index (χ2n) is 4.11. The molecule has 1 aromatic heterocycles. The van der Waals surface area contributed by atoms with Crippen LogP contribution in [-0.2, 0) is 12.8 Å². The molecule has 1 atom stereocenters. The fourth-order valence-electron chi connectivity index (χ4n) is 1.68. The van der Waals surface area contributed by atoms with Gasteiger partial charge < -0.3 is 5.32 Å². The van der Waals surface area contributed by atoms with Crippen LogP contribution in [0.1, 0.15) is 45.0 Å². The summed E-state index contributed by atoms with van der Waals surface area (Å²) >= 11 is 5.66. The Morgan fingerprint density at radius 2 is 1.88 bits per heavy atom. The van der Waals surface area contributed by atoms with Crippen LogP contribution in [-0.4, -0.2) is 27.1 Å². The van der Waals surface area contributed by atoms with Gasteiger partial charge >= 0.3 is 0 Å². The lowest BCUT2D eigenvalue weighted by Crippen LogP contribution is -2.18. The van der Waals surface area contributed by atoms with Gasteiger partial charge in [-0.2, -0.15) is 5.10 Å². The summed E-state index contributed by atoms with van der Waals surface area (Å²) in [6.07, 6.45) is 3.79. The van der Waals surface area contributed by atoms with Gasteiger partial charge in [-0.15, -0.1) is 16.7 Å². The maximum absolute atomic E-state index is 5.66. The highest BCUT2D eigenvalue weighted by molar-refractivity contribution is 6.17. The molecule has 1 heterocycles. The summed E-state index contributed by atoms with van der Waals surface area (Å²) in [7, 11) is 0. The Labute approximate surface area is 108 Å². The summed E-state index contributed by atoms with van der Waals surface area (Å²) in [4.78, 5) is 4.49. The van der Waals surface area contributed by atoms with Crippen LogP contribution in [0, 0.1) is 0 Å². The average molecular weight is 257 g/mol.